The Balaban J connectivity index is 0.00000144. The number of fused-ring (bicyclic) bond motifs is 1. The Bertz CT molecular complexity index is 611. The van der Waals surface area contributed by atoms with Crippen molar-refractivity contribution in [2.24, 2.45) is 11.7 Å². The Labute approximate surface area is 153 Å². The molecule has 1 fully saturated rings. The van der Waals surface area contributed by atoms with Gasteiger partial charge in [-0.15, -0.1) is 24.8 Å². The van der Waals surface area contributed by atoms with Crippen molar-refractivity contribution >= 4 is 41.8 Å². The lowest BCUT2D eigenvalue weighted by atomic mass is 9.92. The molecule has 0 aliphatic carbocycles. The van der Waals surface area contributed by atoms with Gasteiger partial charge in [-0.1, -0.05) is 12.1 Å². The maximum Gasteiger partial charge on any atom is 0.237 e. The van der Waals surface area contributed by atoms with Gasteiger partial charge >= 0.3 is 0 Å². The van der Waals surface area contributed by atoms with Crippen molar-refractivity contribution in [3.8, 4) is 0 Å². The van der Waals surface area contributed by atoms with E-state index in [-0.39, 0.29) is 36.6 Å². The number of nitrogens with zero attached hydrogens (tertiary/aromatic N) is 1. The summed E-state index contributed by atoms with van der Waals surface area (Å²) in [5.41, 5.74) is 8.01. The molecule has 0 saturated carbocycles. The van der Waals surface area contributed by atoms with Crippen LogP contribution >= 0.6 is 24.8 Å². The zero-order chi connectivity index (χ0) is 15.4. The molecule has 3 rings (SSSR count). The Morgan fingerprint density at radius 3 is 2.75 bits per heavy atom. The van der Waals surface area contributed by atoms with E-state index in [1.165, 1.54) is 0 Å². The number of benzene rings is 1. The molecule has 1 amide bonds. The number of para-hydroxylation sites is 2. The zero-order valence-corrected chi connectivity index (χ0v) is 15.0. The van der Waals surface area contributed by atoms with Crippen LogP contribution in [0.5, 0.6) is 0 Å². The first-order valence-electron chi connectivity index (χ1n) is 7.78. The second-order valence-corrected chi connectivity index (χ2v) is 5.72. The number of hydrogen-bond acceptors (Lipinski definition) is 4. The Morgan fingerprint density at radius 1 is 1.33 bits per heavy atom. The fourth-order valence-electron chi connectivity index (χ4n) is 2.83. The quantitative estimate of drug-likeness (QED) is 0.743. The molecule has 0 spiro atoms. The Morgan fingerprint density at radius 2 is 2.04 bits per heavy atom. The fourth-order valence-corrected chi connectivity index (χ4v) is 2.83. The molecule has 8 heteroatoms. The molecular formula is C16H24Cl2N4O2. The summed E-state index contributed by atoms with van der Waals surface area (Å²) < 4.78 is 5.30. The average molecular weight is 375 g/mol. The summed E-state index contributed by atoms with van der Waals surface area (Å²) in [6.07, 6.45) is 2.39. The first-order chi connectivity index (χ1) is 10.7. The summed E-state index contributed by atoms with van der Waals surface area (Å²) >= 11 is 0. The number of hydrogen-bond donors (Lipinski definition) is 3. The molecule has 2 aromatic rings. The largest absolute Gasteiger partial charge is 0.381 e. The van der Waals surface area contributed by atoms with Crippen LogP contribution in [0.25, 0.3) is 11.0 Å². The maximum absolute atomic E-state index is 12.1. The van der Waals surface area contributed by atoms with Gasteiger partial charge in [-0.25, -0.2) is 4.98 Å². The van der Waals surface area contributed by atoms with E-state index < -0.39 is 6.04 Å². The second-order valence-electron chi connectivity index (χ2n) is 5.72. The number of imidazole rings is 1. The van der Waals surface area contributed by atoms with E-state index in [9.17, 15) is 4.79 Å². The molecule has 24 heavy (non-hydrogen) atoms. The molecule has 0 radical (unpaired) electrons. The number of H-pyrrole nitrogens is 1. The highest BCUT2D eigenvalue weighted by atomic mass is 35.5. The number of halogens is 2. The van der Waals surface area contributed by atoms with E-state index in [0.29, 0.717) is 26.2 Å². The lowest BCUT2D eigenvalue weighted by Gasteiger charge is -2.26. The van der Waals surface area contributed by atoms with E-state index >= 15 is 0 Å². The molecule has 0 bridgehead atoms. The van der Waals surface area contributed by atoms with Crippen LogP contribution in [0, 0.1) is 5.92 Å². The number of carbonyl (C=O) groups is 1. The van der Waals surface area contributed by atoms with E-state index in [2.05, 4.69) is 15.3 Å². The second kappa shape index (κ2) is 9.84. The highest BCUT2D eigenvalue weighted by Crippen LogP contribution is 2.17. The van der Waals surface area contributed by atoms with Crippen molar-refractivity contribution in [1.29, 1.82) is 0 Å². The van der Waals surface area contributed by atoms with Gasteiger partial charge in [0.25, 0.3) is 0 Å². The predicted octanol–water partition coefficient (Wildman–Crippen LogP) is 1.82. The Hall–Kier alpha value is -1.34. The maximum atomic E-state index is 12.1. The van der Waals surface area contributed by atoms with Crippen LogP contribution in [0.15, 0.2) is 24.3 Å². The van der Waals surface area contributed by atoms with Crippen molar-refractivity contribution in [2.75, 3.05) is 19.8 Å². The standard InChI is InChI=1S/C16H22N4O2.2ClH/c17-15(11-6-9-22-10-7-11)16(21)18-8-5-14-19-12-3-1-2-4-13(12)20-14;;/h1-4,11,15H,5-10,17H2,(H,18,21)(H,19,20);2*1H. The third-order valence-corrected chi connectivity index (χ3v) is 4.18. The van der Waals surface area contributed by atoms with Crippen LogP contribution in [0.1, 0.15) is 18.7 Å². The first kappa shape index (κ1) is 20.7. The molecule has 6 nitrogen and oxygen atoms in total. The molecule has 4 N–H and O–H groups in total. The predicted molar refractivity (Wildman–Crippen MR) is 98.8 cm³/mol. The summed E-state index contributed by atoms with van der Waals surface area (Å²) in [7, 11) is 0. The molecule has 1 saturated heterocycles. The molecular weight excluding hydrogens is 351 g/mol. The average Bonchev–Trinajstić information content (AvgIpc) is 2.97. The van der Waals surface area contributed by atoms with Gasteiger partial charge in [0, 0.05) is 26.2 Å². The fraction of sp³-hybridized carbons (Fsp3) is 0.500. The van der Waals surface area contributed by atoms with Crippen molar-refractivity contribution < 1.29 is 9.53 Å². The molecule has 1 atom stereocenters. The highest BCUT2D eigenvalue weighted by molar-refractivity contribution is 5.85. The van der Waals surface area contributed by atoms with Crippen LogP contribution in [0.4, 0.5) is 0 Å². The van der Waals surface area contributed by atoms with Crippen molar-refractivity contribution in [1.82, 2.24) is 15.3 Å². The minimum atomic E-state index is -0.445. The Kier molecular flexibility index (Phi) is 8.48. The monoisotopic (exact) mass is 374 g/mol. The van der Waals surface area contributed by atoms with Gasteiger partial charge in [-0.3, -0.25) is 4.79 Å². The lowest BCUT2D eigenvalue weighted by molar-refractivity contribution is -0.124. The van der Waals surface area contributed by atoms with Gasteiger partial charge in [-0.05, 0) is 30.9 Å². The molecule has 1 aromatic heterocycles. The number of nitrogens with two attached hydrogens (primary N) is 1. The van der Waals surface area contributed by atoms with Crippen LogP contribution in [-0.2, 0) is 16.0 Å². The summed E-state index contributed by atoms with van der Waals surface area (Å²) in [6.45, 7) is 1.94. The summed E-state index contributed by atoms with van der Waals surface area (Å²) in [4.78, 5) is 19.8. The number of carbonyl (C=O) groups excluding carboxylic acids is 1. The SMILES string of the molecule is Cl.Cl.NC(C(=O)NCCc1nc2ccccc2[nH]1)C1CCOCC1. The van der Waals surface area contributed by atoms with Crippen molar-refractivity contribution in [3.63, 3.8) is 0 Å². The van der Waals surface area contributed by atoms with Crippen LogP contribution in [-0.4, -0.2) is 41.7 Å². The summed E-state index contributed by atoms with van der Waals surface area (Å²) in [5.74, 6) is 1.02. The minimum Gasteiger partial charge on any atom is -0.381 e. The van der Waals surface area contributed by atoms with Gasteiger partial charge in [0.15, 0.2) is 0 Å². The lowest BCUT2D eigenvalue weighted by Crippen LogP contribution is -2.47. The van der Waals surface area contributed by atoms with Gasteiger partial charge in [0.05, 0.1) is 17.1 Å². The highest BCUT2D eigenvalue weighted by Gasteiger charge is 2.26. The van der Waals surface area contributed by atoms with Gasteiger partial charge < -0.3 is 20.8 Å². The molecule has 2 heterocycles. The number of ether oxygens (including phenoxy) is 1. The van der Waals surface area contributed by atoms with E-state index in [0.717, 1.165) is 29.7 Å². The van der Waals surface area contributed by atoms with E-state index in [1.807, 2.05) is 24.3 Å². The van der Waals surface area contributed by atoms with Crippen LogP contribution < -0.4 is 11.1 Å². The van der Waals surface area contributed by atoms with Crippen LogP contribution in [0.2, 0.25) is 0 Å². The van der Waals surface area contributed by atoms with E-state index in [1.54, 1.807) is 0 Å². The normalized spacial score (nSPS) is 16.0. The molecule has 1 aliphatic heterocycles. The number of aromatic nitrogens is 2. The minimum absolute atomic E-state index is 0. The molecule has 134 valence electrons. The number of rotatable bonds is 5. The van der Waals surface area contributed by atoms with Crippen molar-refractivity contribution in [2.45, 2.75) is 25.3 Å². The number of amides is 1. The number of aromatic amines is 1. The number of nitrogens with one attached hydrogen (secondary N) is 2. The van der Waals surface area contributed by atoms with Crippen molar-refractivity contribution in [3.05, 3.63) is 30.1 Å². The smallest absolute Gasteiger partial charge is 0.237 e. The topological polar surface area (TPSA) is 93.0 Å². The summed E-state index contributed by atoms with van der Waals surface area (Å²) in [6, 6.07) is 7.45. The molecule has 1 aromatic carbocycles. The van der Waals surface area contributed by atoms with Gasteiger partial charge in [0.2, 0.25) is 5.91 Å². The summed E-state index contributed by atoms with van der Waals surface area (Å²) in [5, 5.41) is 2.91. The van der Waals surface area contributed by atoms with E-state index in [4.69, 9.17) is 10.5 Å². The third kappa shape index (κ3) is 5.08. The van der Waals surface area contributed by atoms with Gasteiger partial charge in [-0.2, -0.15) is 0 Å². The van der Waals surface area contributed by atoms with Crippen LogP contribution in [0.3, 0.4) is 0 Å². The third-order valence-electron chi connectivity index (χ3n) is 4.18. The van der Waals surface area contributed by atoms with Gasteiger partial charge in [0.1, 0.15) is 5.82 Å². The first-order valence-corrected chi connectivity index (χ1v) is 7.78. The molecule has 1 unspecified atom stereocenters. The zero-order valence-electron chi connectivity index (χ0n) is 13.4. The molecule has 1 aliphatic rings.